The second kappa shape index (κ2) is 5.14. The van der Waals surface area contributed by atoms with Crippen molar-refractivity contribution in [3.8, 4) is 0 Å². The fourth-order valence-electron chi connectivity index (χ4n) is 1.36. The van der Waals surface area contributed by atoms with Crippen molar-refractivity contribution >= 4 is 17.6 Å². The largest absolute Gasteiger partial charge is 0.478 e. The Kier molecular flexibility index (Phi) is 4.03. The average molecular weight is 254 g/mol. The van der Waals surface area contributed by atoms with E-state index in [1.54, 1.807) is 13.8 Å². The molecule has 98 valence electrons. The van der Waals surface area contributed by atoms with E-state index in [1.807, 2.05) is 0 Å². The predicted octanol–water partition coefficient (Wildman–Crippen LogP) is 1.59. The van der Waals surface area contributed by atoms with E-state index in [2.05, 4.69) is 5.32 Å². The smallest absolute Gasteiger partial charge is 0.335 e. The Balaban J connectivity index is 2.80. The number of carboxylic acid groups (broad SMARTS) is 1. The number of hydrogen-bond donors (Lipinski definition) is 3. The fourth-order valence-corrected chi connectivity index (χ4v) is 1.36. The van der Waals surface area contributed by atoms with E-state index < -0.39 is 23.2 Å². The van der Waals surface area contributed by atoms with Crippen LogP contribution in [0.25, 0.3) is 0 Å². The fraction of sp³-hybridized carbons (Fsp3) is 0.333. The molecular formula is C12H15FN2O3. The average Bonchev–Trinajstić information content (AvgIpc) is 2.17. The molecule has 0 bridgehead atoms. The van der Waals surface area contributed by atoms with Crippen LogP contribution in [0.15, 0.2) is 18.2 Å². The number of benzene rings is 1. The summed E-state index contributed by atoms with van der Waals surface area (Å²) in [6.07, 6.45) is 0.0348. The van der Waals surface area contributed by atoms with Crippen molar-refractivity contribution < 1.29 is 19.1 Å². The van der Waals surface area contributed by atoms with Gasteiger partial charge in [0.25, 0.3) is 0 Å². The van der Waals surface area contributed by atoms with Crippen LogP contribution < -0.4 is 11.1 Å². The first-order chi connectivity index (χ1) is 8.19. The highest BCUT2D eigenvalue weighted by molar-refractivity contribution is 5.93. The third-order valence-corrected chi connectivity index (χ3v) is 2.11. The van der Waals surface area contributed by atoms with Gasteiger partial charge in [0.05, 0.1) is 11.3 Å². The first-order valence-corrected chi connectivity index (χ1v) is 5.30. The molecule has 4 N–H and O–H groups in total. The Morgan fingerprint density at radius 2 is 2.06 bits per heavy atom. The molecule has 0 aliphatic carbocycles. The van der Waals surface area contributed by atoms with Crippen LogP contribution in [0.4, 0.5) is 10.1 Å². The molecule has 1 amide bonds. The van der Waals surface area contributed by atoms with E-state index in [4.69, 9.17) is 10.8 Å². The lowest BCUT2D eigenvalue weighted by Gasteiger charge is -2.17. The second-order valence-electron chi connectivity index (χ2n) is 4.71. The van der Waals surface area contributed by atoms with E-state index in [9.17, 15) is 14.0 Å². The van der Waals surface area contributed by atoms with Crippen molar-refractivity contribution in [2.75, 3.05) is 5.32 Å². The number of carboxylic acids is 1. The molecule has 5 nitrogen and oxygen atoms in total. The number of amides is 1. The van der Waals surface area contributed by atoms with Gasteiger partial charge in [0.1, 0.15) is 5.82 Å². The highest BCUT2D eigenvalue weighted by Crippen LogP contribution is 2.17. The molecule has 1 rings (SSSR count). The SMILES string of the molecule is CC(C)(N)CC(=O)Nc1ccc(C(=O)O)cc1F. The van der Waals surface area contributed by atoms with Crippen molar-refractivity contribution in [3.63, 3.8) is 0 Å². The van der Waals surface area contributed by atoms with Gasteiger partial charge in [-0.1, -0.05) is 0 Å². The monoisotopic (exact) mass is 254 g/mol. The molecule has 0 saturated carbocycles. The van der Waals surface area contributed by atoms with Crippen LogP contribution in [0.2, 0.25) is 0 Å². The number of hydrogen-bond acceptors (Lipinski definition) is 3. The van der Waals surface area contributed by atoms with Crippen LogP contribution >= 0.6 is 0 Å². The number of halogens is 1. The molecule has 6 heteroatoms. The normalized spacial score (nSPS) is 11.1. The molecule has 0 aliphatic heterocycles. The lowest BCUT2D eigenvalue weighted by atomic mass is 10.0. The summed E-state index contributed by atoms with van der Waals surface area (Å²) in [6, 6.07) is 3.28. The minimum absolute atomic E-state index is 0.0348. The maximum atomic E-state index is 13.5. The number of carbonyl (C=O) groups excluding carboxylic acids is 1. The highest BCUT2D eigenvalue weighted by Gasteiger charge is 2.17. The van der Waals surface area contributed by atoms with Crippen molar-refractivity contribution in [1.82, 2.24) is 0 Å². The van der Waals surface area contributed by atoms with Crippen LogP contribution in [0.3, 0.4) is 0 Å². The molecule has 0 aromatic heterocycles. The predicted molar refractivity (Wildman–Crippen MR) is 64.9 cm³/mol. The zero-order valence-corrected chi connectivity index (χ0v) is 10.2. The van der Waals surface area contributed by atoms with Crippen LogP contribution in [0.5, 0.6) is 0 Å². The molecule has 0 saturated heterocycles. The molecule has 0 fully saturated rings. The van der Waals surface area contributed by atoms with Gasteiger partial charge >= 0.3 is 5.97 Å². The number of rotatable bonds is 4. The number of nitrogens with two attached hydrogens (primary N) is 1. The Hall–Kier alpha value is -1.95. The summed E-state index contributed by atoms with van der Waals surface area (Å²) in [5, 5.41) is 11.0. The number of aromatic carboxylic acids is 1. The summed E-state index contributed by atoms with van der Waals surface area (Å²) in [7, 11) is 0. The molecule has 1 aromatic rings. The van der Waals surface area contributed by atoms with Gasteiger partial charge in [-0.3, -0.25) is 4.79 Å². The van der Waals surface area contributed by atoms with E-state index in [-0.39, 0.29) is 17.7 Å². The third kappa shape index (κ3) is 4.14. The van der Waals surface area contributed by atoms with Crippen molar-refractivity contribution in [3.05, 3.63) is 29.6 Å². The van der Waals surface area contributed by atoms with Gasteiger partial charge in [0.2, 0.25) is 5.91 Å². The maximum Gasteiger partial charge on any atom is 0.335 e. The van der Waals surface area contributed by atoms with Crippen molar-refractivity contribution in [1.29, 1.82) is 0 Å². The number of nitrogens with one attached hydrogen (secondary N) is 1. The highest BCUT2D eigenvalue weighted by atomic mass is 19.1. The summed E-state index contributed by atoms with van der Waals surface area (Å²) >= 11 is 0. The van der Waals surface area contributed by atoms with Crippen LogP contribution in [-0.4, -0.2) is 22.5 Å². The van der Waals surface area contributed by atoms with Crippen LogP contribution in [-0.2, 0) is 4.79 Å². The maximum absolute atomic E-state index is 13.5. The van der Waals surface area contributed by atoms with Crippen LogP contribution in [0, 0.1) is 5.82 Å². The molecule has 1 aromatic carbocycles. The Labute approximate surface area is 104 Å². The number of anilines is 1. The Bertz CT molecular complexity index is 481. The van der Waals surface area contributed by atoms with Gasteiger partial charge in [-0.15, -0.1) is 0 Å². The summed E-state index contributed by atoms with van der Waals surface area (Å²) in [6.45, 7) is 3.35. The minimum atomic E-state index is -1.23. The molecule has 0 atom stereocenters. The standard InChI is InChI=1S/C12H15FN2O3/c1-12(2,14)6-10(16)15-9-4-3-7(11(17)18)5-8(9)13/h3-5H,6,14H2,1-2H3,(H,15,16)(H,17,18). The van der Waals surface area contributed by atoms with E-state index in [0.29, 0.717) is 0 Å². The first kappa shape index (κ1) is 14.1. The van der Waals surface area contributed by atoms with Gasteiger partial charge in [-0.05, 0) is 32.0 Å². The molecule has 0 aliphatic rings. The van der Waals surface area contributed by atoms with Gasteiger partial charge in [-0.25, -0.2) is 9.18 Å². The first-order valence-electron chi connectivity index (χ1n) is 5.30. The zero-order valence-electron chi connectivity index (χ0n) is 10.2. The van der Waals surface area contributed by atoms with E-state index in [1.165, 1.54) is 12.1 Å². The van der Waals surface area contributed by atoms with Gasteiger partial charge < -0.3 is 16.2 Å². The van der Waals surface area contributed by atoms with Crippen molar-refractivity contribution in [2.45, 2.75) is 25.8 Å². The van der Waals surface area contributed by atoms with Crippen molar-refractivity contribution in [2.24, 2.45) is 5.73 Å². The van der Waals surface area contributed by atoms with Gasteiger partial charge in [0, 0.05) is 12.0 Å². The summed E-state index contributed by atoms with van der Waals surface area (Å²) in [4.78, 5) is 22.1. The van der Waals surface area contributed by atoms with Gasteiger partial charge in [0.15, 0.2) is 0 Å². The lowest BCUT2D eigenvalue weighted by Crippen LogP contribution is -2.36. The molecule has 0 spiro atoms. The molecular weight excluding hydrogens is 239 g/mol. The molecule has 0 radical (unpaired) electrons. The molecule has 0 unspecified atom stereocenters. The van der Waals surface area contributed by atoms with Gasteiger partial charge in [-0.2, -0.15) is 0 Å². The summed E-state index contributed by atoms with van der Waals surface area (Å²) in [5.41, 5.74) is 4.73. The van der Waals surface area contributed by atoms with E-state index in [0.717, 1.165) is 6.07 Å². The minimum Gasteiger partial charge on any atom is -0.478 e. The lowest BCUT2D eigenvalue weighted by molar-refractivity contribution is -0.117. The zero-order chi connectivity index (χ0) is 13.9. The Morgan fingerprint density at radius 3 is 2.50 bits per heavy atom. The third-order valence-electron chi connectivity index (χ3n) is 2.11. The number of carbonyl (C=O) groups is 2. The quantitative estimate of drug-likeness (QED) is 0.760. The summed E-state index contributed by atoms with van der Waals surface area (Å²) < 4.78 is 13.5. The topological polar surface area (TPSA) is 92.4 Å². The second-order valence-corrected chi connectivity index (χ2v) is 4.71. The van der Waals surface area contributed by atoms with E-state index >= 15 is 0 Å². The molecule has 0 heterocycles. The summed E-state index contributed by atoms with van der Waals surface area (Å²) in [5.74, 6) is -2.45. The molecule has 18 heavy (non-hydrogen) atoms. The Morgan fingerprint density at radius 1 is 1.44 bits per heavy atom. The van der Waals surface area contributed by atoms with Crippen LogP contribution in [0.1, 0.15) is 30.6 Å².